The van der Waals surface area contributed by atoms with Gasteiger partial charge in [0.15, 0.2) is 0 Å². The fourth-order valence-corrected chi connectivity index (χ4v) is 3.58. The van der Waals surface area contributed by atoms with Crippen LogP contribution in [0.2, 0.25) is 0 Å². The van der Waals surface area contributed by atoms with Crippen molar-refractivity contribution in [3.8, 4) is 0 Å². The van der Waals surface area contributed by atoms with E-state index in [0.29, 0.717) is 0 Å². The minimum atomic E-state index is -0.0138. The number of carbonyl (C=O) groups is 1. The first kappa shape index (κ1) is 14.0. The van der Waals surface area contributed by atoms with Gasteiger partial charge in [0.25, 0.3) is 0 Å². The molecule has 1 heterocycles. The third-order valence-electron chi connectivity index (χ3n) is 5.17. The average Bonchev–Trinajstić information content (AvgIpc) is 2.58. The Hall–Kier alpha value is -0.370. The molecule has 0 N–H and O–H groups in total. The third kappa shape index (κ3) is 3.57. The van der Waals surface area contributed by atoms with Crippen LogP contribution < -0.4 is 0 Å². The lowest BCUT2D eigenvalue weighted by molar-refractivity contribution is -0.119. The minimum Gasteiger partial charge on any atom is -0.303 e. The Kier molecular flexibility index (Phi) is 4.83. The van der Waals surface area contributed by atoms with Gasteiger partial charge in [0.1, 0.15) is 6.29 Å². The van der Waals surface area contributed by atoms with E-state index in [0.717, 1.165) is 31.2 Å². The molecule has 2 nitrogen and oxygen atoms in total. The summed E-state index contributed by atoms with van der Waals surface area (Å²) in [5.74, 6) is 1.69. The maximum Gasteiger partial charge on any atom is 0.127 e. The SMILES string of the molecule is CC1CCCN(CC2(C=O)CCC(C)CC2)CC1. The number of hydrogen-bond donors (Lipinski definition) is 0. The van der Waals surface area contributed by atoms with E-state index in [9.17, 15) is 4.79 Å². The van der Waals surface area contributed by atoms with Crippen molar-refractivity contribution in [1.82, 2.24) is 4.90 Å². The van der Waals surface area contributed by atoms with Gasteiger partial charge in [-0.3, -0.25) is 0 Å². The van der Waals surface area contributed by atoms with Gasteiger partial charge in [-0.15, -0.1) is 0 Å². The van der Waals surface area contributed by atoms with Gasteiger partial charge in [-0.05, 0) is 69.9 Å². The summed E-state index contributed by atoms with van der Waals surface area (Å²) in [7, 11) is 0. The smallest absolute Gasteiger partial charge is 0.127 e. The zero-order valence-electron chi connectivity index (χ0n) is 12.2. The number of likely N-dealkylation sites (tertiary alicyclic amines) is 1. The molecule has 1 aliphatic carbocycles. The van der Waals surface area contributed by atoms with E-state index >= 15 is 0 Å². The first-order chi connectivity index (χ1) is 8.63. The Morgan fingerprint density at radius 2 is 1.72 bits per heavy atom. The van der Waals surface area contributed by atoms with Crippen molar-refractivity contribution >= 4 is 6.29 Å². The molecule has 1 saturated carbocycles. The van der Waals surface area contributed by atoms with Gasteiger partial charge in [0.05, 0.1) is 0 Å². The zero-order chi connectivity index (χ0) is 13.0. The van der Waals surface area contributed by atoms with Crippen LogP contribution in [0.5, 0.6) is 0 Å². The van der Waals surface area contributed by atoms with Crippen LogP contribution in [-0.4, -0.2) is 30.8 Å². The fraction of sp³-hybridized carbons (Fsp3) is 0.938. The lowest BCUT2D eigenvalue weighted by atomic mass is 9.71. The van der Waals surface area contributed by atoms with Gasteiger partial charge in [-0.2, -0.15) is 0 Å². The second-order valence-electron chi connectivity index (χ2n) is 6.97. The monoisotopic (exact) mass is 251 g/mol. The van der Waals surface area contributed by atoms with Crippen molar-refractivity contribution in [2.75, 3.05) is 19.6 Å². The highest BCUT2D eigenvalue weighted by Crippen LogP contribution is 2.38. The van der Waals surface area contributed by atoms with Crippen molar-refractivity contribution in [2.24, 2.45) is 17.3 Å². The van der Waals surface area contributed by atoms with Crippen LogP contribution in [-0.2, 0) is 4.79 Å². The van der Waals surface area contributed by atoms with Crippen LogP contribution >= 0.6 is 0 Å². The van der Waals surface area contributed by atoms with Crippen molar-refractivity contribution < 1.29 is 4.79 Å². The minimum absolute atomic E-state index is 0.0138. The molecule has 104 valence electrons. The Morgan fingerprint density at radius 1 is 1.06 bits per heavy atom. The van der Waals surface area contributed by atoms with Gasteiger partial charge in [-0.1, -0.05) is 13.8 Å². The highest BCUT2D eigenvalue weighted by atomic mass is 16.1. The first-order valence-electron chi connectivity index (χ1n) is 7.82. The van der Waals surface area contributed by atoms with Gasteiger partial charge < -0.3 is 9.69 Å². The quantitative estimate of drug-likeness (QED) is 0.716. The second-order valence-corrected chi connectivity index (χ2v) is 6.97. The van der Waals surface area contributed by atoms with E-state index in [1.807, 2.05) is 0 Å². The summed E-state index contributed by atoms with van der Waals surface area (Å²) in [6, 6.07) is 0. The normalized spacial score (nSPS) is 39.2. The van der Waals surface area contributed by atoms with Crippen LogP contribution in [0.15, 0.2) is 0 Å². The van der Waals surface area contributed by atoms with Gasteiger partial charge in [0.2, 0.25) is 0 Å². The highest BCUT2D eigenvalue weighted by Gasteiger charge is 2.35. The van der Waals surface area contributed by atoms with Crippen LogP contribution in [0.3, 0.4) is 0 Å². The summed E-state index contributed by atoms with van der Waals surface area (Å²) in [4.78, 5) is 14.1. The standard InChI is InChI=1S/C16H29NO/c1-14-4-3-10-17(11-7-14)12-16(13-18)8-5-15(2)6-9-16/h13-15H,3-12H2,1-2H3. The summed E-state index contributed by atoms with van der Waals surface area (Å²) in [6.45, 7) is 8.11. The van der Waals surface area contributed by atoms with Gasteiger partial charge in [0, 0.05) is 12.0 Å². The molecule has 0 aromatic carbocycles. The van der Waals surface area contributed by atoms with E-state index in [1.54, 1.807) is 0 Å². The molecule has 2 aliphatic rings. The highest BCUT2D eigenvalue weighted by molar-refractivity contribution is 5.60. The molecule has 18 heavy (non-hydrogen) atoms. The molecule has 2 heteroatoms. The predicted molar refractivity (Wildman–Crippen MR) is 75.6 cm³/mol. The van der Waals surface area contributed by atoms with E-state index < -0.39 is 0 Å². The number of aldehydes is 1. The molecule has 1 saturated heterocycles. The number of carbonyl (C=O) groups excluding carboxylic acids is 1. The predicted octanol–water partition coefficient (Wildman–Crippen LogP) is 3.50. The first-order valence-corrected chi connectivity index (χ1v) is 7.82. The van der Waals surface area contributed by atoms with Crippen LogP contribution in [0, 0.1) is 17.3 Å². The summed E-state index contributed by atoms with van der Waals surface area (Å²) in [5, 5.41) is 0. The van der Waals surface area contributed by atoms with Crippen molar-refractivity contribution in [3.63, 3.8) is 0 Å². The molecular weight excluding hydrogens is 222 g/mol. The van der Waals surface area contributed by atoms with Crippen LogP contribution in [0.25, 0.3) is 0 Å². The van der Waals surface area contributed by atoms with Crippen molar-refractivity contribution in [1.29, 1.82) is 0 Å². The van der Waals surface area contributed by atoms with Crippen molar-refractivity contribution in [2.45, 2.75) is 58.8 Å². The van der Waals surface area contributed by atoms with Crippen LogP contribution in [0.4, 0.5) is 0 Å². The van der Waals surface area contributed by atoms with E-state index in [2.05, 4.69) is 18.7 Å². The Labute approximate surface area is 112 Å². The molecular formula is C16H29NO. The largest absolute Gasteiger partial charge is 0.303 e. The number of rotatable bonds is 3. The summed E-state index contributed by atoms with van der Waals surface area (Å²) < 4.78 is 0. The summed E-state index contributed by atoms with van der Waals surface area (Å²) in [5.41, 5.74) is -0.0138. The molecule has 0 bridgehead atoms. The topological polar surface area (TPSA) is 20.3 Å². The molecule has 0 radical (unpaired) electrons. The van der Waals surface area contributed by atoms with Crippen LogP contribution in [0.1, 0.15) is 58.8 Å². The zero-order valence-corrected chi connectivity index (χ0v) is 12.2. The van der Waals surface area contributed by atoms with Gasteiger partial charge >= 0.3 is 0 Å². The molecule has 1 unspecified atom stereocenters. The molecule has 0 spiro atoms. The number of nitrogens with zero attached hydrogens (tertiary/aromatic N) is 1. The van der Waals surface area contributed by atoms with Crippen molar-refractivity contribution in [3.05, 3.63) is 0 Å². The van der Waals surface area contributed by atoms with E-state index in [1.165, 1.54) is 51.5 Å². The maximum atomic E-state index is 11.6. The fourth-order valence-electron chi connectivity index (χ4n) is 3.58. The summed E-state index contributed by atoms with van der Waals surface area (Å²) in [6.07, 6.45) is 9.98. The molecule has 2 fully saturated rings. The summed E-state index contributed by atoms with van der Waals surface area (Å²) >= 11 is 0. The van der Waals surface area contributed by atoms with E-state index in [-0.39, 0.29) is 5.41 Å². The maximum absolute atomic E-state index is 11.6. The average molecular weight is 251 g/mol. The lowest BCUT2D eigenvalue weighted by Gasteiger charge is -2.38. The Balaban J connectivity index is 1.91. The second kappa shape index (κ2) is 6.18. The molecule has 0 amide bonds. The molecule has 2 rings (SSSR count). The lowest BCUT2D eigenvalue weighted by Crippen LogP contribution is -2.41. The molecule has 0 aromatic rings. The Morgan fingerprint density at radius 3 is 2.39 bits per heavy atom. The molecule has 0 aromatic heterocycles. The third-order valence-corrected chi connectivity index (χ3v) is 5.17. The van der Waals surface area contributed by atoms with E-state index in [4.69, 9.17) is 0 Å². The Bertz CT molecular complexity index is 268. The molecule has 1 aliphatic heterocycles. The van der Waals surface area contributed by atoms with Gasteiger partial charge in [-0.25, -0.2) is 0 Å². The molecule has 1 atom stereocenters. The number of hydrogen-bond acceptors (Lipinski definition) is 2.